The Hall–Kier alpha value is -8.17. The summed E-state index contributed by atoms with van der Waals surface area (Å²) in [5.41, 5.74) is 9.37. The molecule has 4 aromatic carbocycles. The standard InChI is InChI=1S/C33H37ClN8O.C26H31ClN8O.C7H6O/c34-27-10-8-26(9-11-27)33(24-43)14-19-40(20-15-33)30-7-4-16-41-31(30)37-32(38-41)36-28-21-35-42(23-28)29-12-17-39(18-13-29)22-25-5-2-1-3-6-25;27-20-5-3-19(4-6-20)26(18-36)9-14-33(15-10-26)23-2-1-13-34-24(23)31-25(32-34)30-21-16-29-35(17-21)22-7-11-28-12-8-22;8-6-7-4-2-1-3-5-7/h1-11,16,21,23,29,43H,12-15,17-20,22,24H2,(H,36,38);1-6,13,16-17,22,28,36H,7-12,14-15,18H2,(H,30,32);1-6H. The third kappa shape index (κ3) is 13.8. The van der Waals surface area contributed by atoms with E-state index in [1.54, 1.807) is 12.1 Å². The number of halogens is 2. The summed E-state index contributed by atoms with van der Waals surface area (Å²) in [6.07, 6.45) is 20.2. The number of aromatic nitrogens is 10. The van der Waals surface area contributed by atoms with E-state index in [1.807, 2.05) is 124 Å². The molecule has 450 valence electrons. The van der Waals surface area contributed by atoms with Gasteiger partial charge in [0.05, 0.1) is 60.4 Å². The summed E-state index contributed by atoms with van der Waals surface area (Å²) in [7, 11) is 0. The Kier molecular flexibility index (Phi) is 18.5. The van der Waals surface area contributed by atoms with Crippen LogP contribution in [0.15, 0.2) is 171 Å². The number of benzene rings is 4. The van der Waals surface area contributed by atoms with Gasteiger partial charge in [0.2, 0.25) is 11.9 Å². The molecule has 4 aliphatic rings. The van der Waals surface area contributed by atoms with Crippen LogP contribution in [0.25, 0.3) is 11.3 Å². The first kappa shape index (κ1) is 59.2. The molecule has 0 amide bonds. The summed E-state index contributed by atoms with van der Waals surface area (Å²) < 4.78 is 7.79. The molecule has 4 fully saturated rings. The number of hydrogen-bond donors (Lipinski definition) is 5. The van der Waals surface area contributed by atoms with E-state index >= 15 is 0 Å². The lowest BCUT2D eigenvalue weighted by molar-refractivity contribution is 0.112. The van der Waals surface area contributed by atoms with Crippen LogP contribution in [-0.4, -0.2) is 136 Å². The van der Waals surface area contributed by atoms with Crippen LogP contribution in [-0.2, 0) is 17.4 Å². The van der Waals surface area contributed by atoms with Gasteiger partial charge < -0.3 is 36.0 Å². The van der Waals surface area contributed by atoms with E-state index in [0.29, 0.717) is 34.0 Å². The number of piperidine rings is 4. The summed E-state index contributed by atoms with van der Waals surface area (Å²) in [6, 6.07) is 44.6. The lowest BCUT2D eigenvalue weighted by atomic mass is 9.73. The van der Waals surface area contributed by atoms with Crippen molar-refractivity contribution in [3.63, 3.8) is 0 Å². The zero-order valence-corrected chi connectivity index (χ0v) is 50.2. The summed E-state index contributed by atoms with van der Waals surface area (Å²) in [4.78, 5) is 26.9. The molecule has 10 aromatic rings. The summed E-state index contributed by atoms with van der Waals surface area (Å²) in [5.74, 6) is 1.10. The van der Waals surface area contributed by atoms with Crippen LogP contribution in [0.4, 0.5) is 34.6 Å². The number of aldehydes is 1. The van der Waals surface area contributed by atoms with E-state index in [4.69, 9.17) is 38.3 Å². The molecule has 87 heavy (non-hydrogen) atoms. The molecule has 0 saturated carbocycles. The Morgan fingerprint density at radius 2 is 1.00 bits per heavy atom. The molecular formula is C66H74Cl2N16O3. The molecule has 0 radical (unpaired) electrons. The maximum Gasteiger partial charge on any atom is 0.247 e. The van der Waals surface area contributed by atoms with E-state index in [9.17, 15) is 15.0 Å². The minimum Gasteiger partial charge on any atom is -0.395 e. The van der Waals surface area contributed by atoms with Crippen molar-refractivity contribution in [1.82, 2.24) is 59.0 Å². The number of nitrogens with zero attached hydrogens (tertiary/aromatic N) is 13. The maximum absolute atomic E-state index is 10.4. The Morgan fingerprint density at radius 3 is 1.44 bits per heavy atom. The van der Waals surface area contributed by atoms with Crippen molar-refractivity contribution in [3.05, 3.63) is 203 Å². The number of pyridine rings is 2. The quantitative estimate of drug-likeness (QED) is 0.0607. The molecule has 0 unspecified atom stereocenters. The molecule has 10 heterocycles. The topological polar surface area (TPSA) is 199 Å². The van der Waals surface area contributed by atoms with E-state index in [0.717, 1.165) is 167 Å². The molecule has 0 atom stereocenters. The maximum atomic E-state index is 10.4. The van der Waals surface area contributed by atoms with Crippen LogP contribution < -0.4 is 25.8 Å². The molecule has 0 bridgehead atoms. The Balaban J connectivity index is 0.000000152. The summed E-state index contributed by atoms with van der Waals surface area (Å²) in [5, 5.41) is 50.8. The zero-order valence-electron chi connectivity index (χ0n) is 48.7. The van der Waals surface area contributed by atoms with Gasteiger partial charge in [0, 0.05) is 97.0 Å². The van der Waals surface area contributed by atoms with E-state index in [-0.39, 0.29) is 24.0 Å². The number of carbonyl (C=O) groups excluding carboxylic acids is 1. The van der Waals surface area contributed by atoms with Crippen LogP contribution in [0.3, 0.4) is 0 Å². The second-order valence-corrected chi connectivity index (χ2v) is 24.1. The second kappa shape index (κ2) is 27.3. The van der Waals surface area contributed by atoms with Gasteiger partial charge in [0.25, 0.3) is 0 Å². The predicted molar refractivity (Wildman–Crippen MR) is 343 cm³/mol. The number of anilines is 6. The highest BCUT2D eigenvalue weighted by Gasteiger charge is 2.38. The van der Waals surface area contributed by atoms with Gasteiger partial charge in [-0.25, -0.2) is 9.03 Å². The average molecular weight is 1210 g/mol. The molecular weight excluding hydrogens is 1140 g/mol. The molecule has 19 nitrogen and oxygen atoms in total. The smallest absolute Gasteiger partial charge is 0.247 e. The first-order chi connectivity index (χ1) is 42.6. The van der Waals surface area contributed by atoms with Crippen LogP contribution in [0.5, 0.6) is 0 Å². The van der Waals surface area contributed by atoms with Gasteiger partial charge in [-0.3, -0.25) is 19.1 Å². The number of fused-ring (bicyclic) bond motifs is 2. The predicted octanol–water partition coefficient (Wildman–Crippen LogP) is 11.0. The number of rotatable bonds is 15. The van der Waals surface area contributed by atoms with Gasteiger partial charge in [0.15, 0.2) is 11.3 Å². The van der Waals surface area contributed by atoms with Crippen molar-refractivity contribution in [1.29, 1.82) is 0 Å². The first-order valence-electron chi connectivity index (χ1n) is 30.2. The van der Waals surface area contributed by atoms with Crippen molar-refractivity contribution in [2.75, 3.05) is 86.0 Å². The second-order valence-electron chi connectivity index (χ2n) is 23.2. The molecule has 14 rings (SSSR count). The molecule has 0 aliphatic carbocycles. The molecule has 6 aromatic heterocycles. The van der Waals surface area contributed by atoms with Gasteiger partial charge in [-0.1, -0.05) is 108 Å². The van der Waals surface area contributed by atoms with E-state index < -0.39 is 0 Å². The minimum atomic E-state index is -0.259. The van der Waals surface area contributed by atoms with Crippen LogP contribution in [0.2, 0.25) is 10.0 Å². The third-order valence-corrected chi connectivity index (χ3v) is 18.3. The number of aliphatic hydroxyl groups is 2. The van der Waals surface area contributed by atoms with Crippen molar-refractivity contribution in [3.8, 4) is 0 Å². The number of likely N-dealkylation sites (tertiary alicyclic amines) is 1. The lowest BCUT2D eigenvalue weighted by Gasteiger charge is -2.42. The van der Waals surface area contributed by atoms with Crippen LogP contribution in [0.1, 0.15) is 90.5 Å². The monoisotopic (exact) mass is 1210 g/mol. The largest absolute Gasteiger partial charge is 0.395 e. The van der Waals surface area contributed by atoms with Gasteiger partial charge in [-0.2, -0.15) is 20.2 Å². The van der Waals surface area contributed by atoms with Gasteiger partial charge in [0.1, 0.15) is 6.29 Å². The Labute approximate surface area is 516 Å². The highest BCUT2D eigenvalue weighted by Crippen LogP contribution is 2.40. The minimum absolute atomic E-state index is 0.117. The van der Waals surface area contributed by atoms with Crippen LogP contribution >= 0.6 is 23.2 Å². The molecule has 4 saturated heterocycles. The summed E-state index contributed by atoms with van der Waals surface area (Å²) >= 11 is 12.2. The van der Waals surface area contributed by atoms with Gasteiger partial charge >= 0.3 is 0 Å². The number of carbonyl (C=O) groups is 1. The van der Waals surface area contributed by atoms with Crippen molar-refractivity contribution < 1.29 is 15.0 Å². The van der Waals surface area contributed by atoms with Crippen molar-refractivity contribution >= 4 is 75.4 Å². The van der Waals surface area contributed by atoms with E-state index in [1.165, 1.54) is 5.56 Å². The van der Waals surface area contributed by atoms with Crippen molar-refractivity contribution in [2.45, 2.75) is 80.8 Å². The van der Waals surface area contributed by atoms with Crippen LogP contribution in [0, 0.1) is 0 Å². The Morgan fingerprint density at radius 1 is 0.552 bits per heavy atom. The summed E-state index contributed by atoms with van der Waals surface area (Å²) in [6.45, 7) is 8.70. The highest BCUT2D eigenvalue weighted by atomic mass is 35.5. The fourth-order valence-electron chi connectivity index (χ4n) is 12.7. The fraction of sp³-hybridized carbons (Fsp3) is 0.348. The number of aliphatic hydroxyl groups excluding tert-OH is 2. The van der Waals surface area contributed by atoms with Gasteiger partial charge in [-0.15, -0.1) is 10.2 Å². The number of hydrogen-bond acceptors (Lipinski definition) is 15. The average Bonchev–Trinajstić information content (AvgIpc) is 4.29. The zero-order chi connectivity index (χ0) is 59.6. The van der Waals surface area contributed by atoms with Crippen molar-refractivity contribution in [2.24, 2.45) is 0 Å². The normalized spacial score (nSPS) is 17.3. The fourth-order valence-corrected chi connectivity index (χ4v) is 12.9. The first-order valence-corrected chi connectivity index (χ1v) is 31.0. The number of nitrogens with one attached hydrogen (secondary N) is 3. The molecule has 0 spiro atoms. The molecule has 4 aliphatic heterocycles. The van der Waals surface area contributed by atoms with Gasteiger partial charge in [-0.05, 0) is 130 Å². The SMILES string of the molecule is O=Cc1ccccc1.OCC1(c2ccc(Cl)cc2)CCN(c2cccn3nc(Nc4cnn(C5CCN(Cc6ccccc6)CC5)c4)nc23)CC1.OCC1(c2ccc(Cl)cc2)CCN(c2cccn3nc(Nc4cnn(C5CCNCC5)c4)nc23)CC1. The molecule has 5 N–H and O–H groups in total. The Bertz CT molecular complexity index is 3810. The third-order valence-electron chi connectivity index (χ3n) is 17.8. The van der Waals surface area contributed by atoms with E-state index in [2.05, 4.69) is 99.3 Å². The lowest BCUT2D eigenvalue weighted by Crippen LogP contribution is -2.45. The molecule has 21 heteroatoms. The highest BCUT2D eigenvalue weighted by molar-refractivity contribution is 6.30.